The van der Waals surface area contributed by atoms with Gasteiger partial charge in [-0.25, -0.2) is 9.97 Å². The summed E-state index contributed by atoms with van der Waals surface area (Å²) in [7, 11) is 1.60. The average molecular weight is 361 g/mol. The lowest BCUT2D eigenvalue weighted by Crippen LogP contribution is -1.99. The van der Waals surface area contributed by atoms with Crippen molar-refractivity contribution in [1.29, 1.82) is 0 Å². The Balaban J connectivity index is 1.80. The Morgan fingerprint density at radius 2 is 1.50 bits per heavy atom. The molecule has 2 aromatic carbocycles. The molecule has 24 heavy (non-hydrogen) atoms. The first kappa shape index (κ1) is 16.4. The lowest BCUT2D eigenvalue weighted by atomic mass is 10.3. The molecule has 0 atom stereocenters. The molecule has 0 bridgehead atoms. The van der Waals surface area contributed by atoms with Gasteiger partial charge in [-0.2, -0.15) is 0 Å². The van der Waals surface area contributed by atoms with Crippen molar-refractivity contribution < 1.29 is 4.74 Å². The predicted octanol–water partition coefficient (Wildman–Crippen LogP) is 5.28. The van der Waals surface area contributed by atoms with Gasteiger partial charge in [0.15, 0.2) is 0 Å². The maximum Gasteiger partial charge on any atom is 0.142 e. The number of rotatable bonds is 5. The first-order valence-electron chi connectivity index (χ1n) is 7.09. The van der Waals surface area contributed by atoms with Crippen molar-refractivity contribution in [3.05, 3.63) is 64.9 Å². The van der Waals surface area contributed by atoms with Crippen molar-refractivity contribution in [3.8, 4) is 5.75 Å². The third kappa shape index (κ3) is 4.07. The molecule has 3 rings (SSSR count). The first-order valence-corrected chi connectivity index (χ1v) is 7.85. The highest BCUT2D eigenvalue weighted by Gasteiger charge is 2.06. The average Bonchev–Trinajstić information content (AvgIpc) is 2.58. The summed E-state index contributed by atoms with van der Waals surface area (Å²) >= 11 is 11.9. The van der Waals surface area contributed by atoms with Crippen LogP contribution >= 0.6 is 23.2 Å². The molecule has 0 fully saturated rings. The number of nitrogens with zero attached hydrogens (tertiary/aromatic N) is 2. The second kappa shape index (κ2) is 7.38. The van der Waals surface area contributed by atoms with Crippen LogP contribution in [0.15, 0.2) is 54.9 Å². The standard InChI is InChI=1S/C17H14Cl2N4O/c1-24-15-7-4-12(19)8-14(15)23-17-9-16(20-10-21-17)22-13-5-2-11(18)3-6-13/h2-10H,1H3,(H2,20,21,22,23). The second-order valence-corrected chi connectivity index (χ2v) is 5.76. The Bertz CT molecular complexity index is 840. The van der Waals surface area contributed by atoms with Gasteiger partial charge < -0.3 is 15.4 Å². The number of halogens is 2. The van der Waals surface area contributed by atoms with Gasteiger partial charge in [-0.05, 0) is 42.5 Å². The Morgan fingerprint density at radius 1 is 0.833 bits per heavy atom. The zero-order chi connectivity index (χ0) is 16.9. The number of nitrogens with one attached hydrogen (secondary N) is 2. The molecule has 2 N–H and O–H groups in total. The number of ether oxygens (including phenoxy) is 1. The summed E-state index contributed by atoms with van der Waals surface area (Å²) in [6, 6.07) is 14.5. The topological polar surface area (TPSA) is 59.1 Å². The highest BCUT2D eigenvalue weighted by molar-refractivity contribution is 6.31. The minimum absolute atomic E-state index is 0.604. The van der Waals surface area contributed by atoms with Crippen molar-refractivity contribution >= 4 is 46.2 Å². The third-order valence-corrected chi connectivity index (χ3v) is 3.70. The lowest BCUT2D eigenvalue weighted by molar-refractivity contribution is 0.417. The van der Waals surface area contributed by atoms with E-state index in [9.17, 15) is 0 Å². The van der Waals surface area contributed by atoms with Gasteiger partial charge in [-0.1, -0.05) is 23.2 Å². The molecule has 0 aliphatic heterocycles. The highest BCUT2D eigenvalue weighted by atomic mass is 35.5. The normalized spacial score (nSPS) is 10.3. The van der Waals surface area contributed by atoms with E-state index < -0.39 is 0 Å². The molecule has 7 heteroatoms. The number of benzene rings is 2. The number of hydrogen-bond acceptors (Lipinski definition) is 5. The summed E-state index contributed by atoms with van der Waals surface area (Å²) in [4.78, 5) is 8.42. The van der Waals surface area contributed by atoms with E-state index in [1.165, 1.54) is 6.33 Å². The fourth-order valence-electron chi connectivity index (χ4n) is 2.09. The predicted molar refractivity (Wildman–Crippen MR) is 98.1 cm³/mol. The Morgan fingerprint density at radius 3 is 2.21 bits per heavy atom. The van der Waals surface area contributed by atoms with Crippen LogP contribution in [0.2, 0.25) is 10.0 Å². The summed E-state index contributed by atoms with van der Waals surface area (Å²) in [6.07, 6.45) is 1.47. The molecule has 0 saturated heterocycles. The van der Waals surface area contributed by atoms with Gasteiger partial charge in [-0.3, -0.25) is 0 Å². The van der Waals surface area contributed by atoms with Gasteiger partial charge >= 0.3 is 0 Å². The van der Waals surface area contributed by atoms with Gasteiger partial charge in [0.05, 0.1) is 12.8 Å². The monoisotopic (exact) mass is 360 g/mol. The van der Waals surface area contributed by atoms with Crippen LogP contribution in [-0.4, -0.2) is 17.1 Å². The quantitative estimate of drug-likeness (QED) is 0.648. The molecule has 0 saturated carbocycles. The van der Waals surface area contributed by atoms with Gasteiger partial charge in [0.25, 0.3) is 0 Å². The van der Waals surface area contributed by atoms with Gasteiger partial charge in [0.1, 0.15) is 23.7 Å². The smallest absolute Gasteiger partial charge is 0.142 e. The molecule has 0 unspecified atom stereocenters. The summed E-state index contributed by atoms with van der Waals surface area (Å²) in [5, 5.41) is 7.65. The fourth-order valence-corrected chi connectivity index (χ4v) is 2.39. The minimum Gasteiger partial charge on any atom is -0.495 e. The fraction of sp³-hybridized carbons (Fsp3) is 0.0588. The maximum absolute atomic E-state index is 6.04. The van der Waals surface area contributed by atoms with Gasteiger partial charge in [0, 0.05) is 21.8 Å². The van der Waals surface area contributed by atoms with E-state index in [-0.39, 0.29) is 0 Å². The van der Waals surface area contributed by atoms with Crippen LogP contribution in [0.5, 0.6) is 5.75 Å². The largest absolute Gasteiger partial charge is 0.495 e. The van der Waals surface area contributed by atoms with Crippen molar-refractivity contribution in [3.63, 3.8) is 0 Å². The molecule has 0 aliphatic carbocycles. The molecule has 3 aromatic rings. The van der Waals surface area contributed by atoms with E-state index in [0.29, 0.717) is 27.4 Å². The van der Waals surface area contributed by atoms with E-state index in [1.807, 2.05) is 12.1 Å². The maximum atomic E-state index is 6.04. The molecule has 5 nitrogen and oxygen atoms in total. The summed E-state index contributed by atoms with van der Waals surface area (Å²) < 4.78 is 5.32. The molecular formula is C17H14Cl2N4O. The molecular weight excluding hydrogens is 347 g/mol. The Kier molecular flexibility index (Phi) is 5.03. The molecule has 0 amide bonds. The summed E-state index contributed by atoms with van der Waals surface area (Å²) in [5.74, 6) is 1.93. The van der Waals surface area contributed by atoms with Crippen LogP contribution in [0, 0.1) is 0 Å². The van der Waals surface area contributed by atoms with E-state index in [1.54, 1.807) is 43.5 Å². The highest BCUT2D eigenvalue weighted by Crippen LogP contribution is 2.30. The number of anilines is 4. The van der Waals surface area contributed by atoms with Gasteiger partial charge in [-0.15, -0.1) is 0 Å². The van der Waals surface area contributed by atoms with E-state index in [0.717, 1.165) is 11.4 Å². The summed E-state index contributed by atoms with van der Waals surface area (Å²) in [6.45, 7) is 0. The van der Waals surface area contributed by atoms with E-state index >= 15 is 0 Å². The van der Waals surface area contributed by atoms with Crippen LogP contribution in [0.25, 0.3) is 0 Å². The SMILES string of the molecule is COc1ccc(Cl)cc1Nc1cc(Nc2ccc(Cl)cc2)ncn1. The molecule has 122 valence electrons. The first-order chi connectivity index (χ1) is 11.6. The molecule has 1 heterocycles. The number of methoxy groups -OCH3 is 1. The molecule has 0 radical (unpaired) electrons. The number of aromatic nitrogens is 2. The van der Waals surface area contributed by atoms with Crippen molar-refractivity contribution in [2.45, 2.75) is 0 Å². The van der Waals surface area contributed by atoms with E-state index in [2.05, 4.69) is 20.6 Å². The zero-order valence-electron chi connectivity index (χ0n) is 12.8. The van der Waals surface area contributed by atoms with Crippen LogP contribution in [0.1, 0.15) is 0 Å². The van der Waals surface area contributed by atoms with E-state index in [4.69, 9.17) is 27.9 Å². The Labute approximate surface area is 149 Å². The molecule has 0 aliphatic rings. The molecule has 0 spiro atoms. The lowest BCUT2D eigenvalue weighted by Gasteiger charge is -2.12. The van der Waals surface area contributed by atoms with Crippen LogP contribution in [0.4, 0.5) is 23.0 Å². The van der Waals surface area contributed by atoms with Crippen molar-refractivity contribution in [2.24, 2.45) is 0 Å². The summed E-state index contributed by atoms with van der Waals surface area (Å²) in [5.41, 5.74) is 1.60. The molecule has 1 aromatic heterocycles. The Hall–Kier alpha value is -2.50. The third-order valence-electron chi connectivity index (χ3n) is 3.21. The van der Waals surface area contributed by atoms with Crippen LogP contribution in [0.3, 0.4) is 0 Å². The van der Waals surface area contributed by atoms with Crippen LogP contribution in [-0.2, 0) is 0 Å². The van der Waals surface area contributed by atoms with Crippen molar-refractivity contribution in [1.82, 2.24) is 9.97 Å². The number of hydrogen-bond donors (Lipinski definition) is 2. The van der Waals surface area contributed by atoms with Crippen LogP contribution < -0.4 is 15.4 Å². The second-order valence-electron chi connectivity index (χ2n) is 4.89. The minimum atomic E-state index is 0.604. The zero-order valence-corrected chi connectivity index (χ0v) is 14.3. The van der Waals surface area contributed by atoms with Crippen molar-refractivity contribution in [2.75, 3.05) is 17.7 Å². The van der Waals surface area contributed by atoms with Gasteiger partial charge in [0.2, 0.25) is 0 Å².